The number of benzene rings is 1. The van der Waals surface area contributed by atoms with Crippen LogP contribution < -0.4 is 0 Å². The third-order valence-corrected chi connectivity index (χ3v) is 6.16. The molecule has 0 bridgehead atoms. The minimum atomic E-state index is 0.185. The Morgan fingerprint density at radius 1 is 1.25 bits per heavy atom. The summed E-state index contributed by atoms with van der Waals surface area (Å²) in [6.07, 6.45) is 3.91. The second-order valence-electron chi connectivity index (χ2n) is 7.99. The van der Waals surface area contributed by atoms with Crippen LogP contribution in [0.4, 0.5) is 0 Å². The van der Waals surface area contributed by atoms with Crippen molar-refractivity contribution in [1.82, 2.24) is 9.80 Å². The Morgan fingerprint density at radius 2 is 2.04 bits per heavy atom. The van der Waals surface area contributed by atoms with Crippen molar-refractivity contribution < 1.29 is 9.53 Å². The molecule has 1 aliphatic carbocycles. The molecule has 130 valence electrons. The van der Waals surface area contributed by atoms with Crippen molar-refractivity contribution in [1.29, 1.82) is 0 Å². The summed E-state index contributed by atoms with van der Waals surface area (Å²) < 4.78 is 5.53. The molecule has 4 heteroatoms. The molecule has 1 aromatic rings. The molecule has 4 nitrogen and oxygen atoms in total. The molecule has 0 N–H and O–H groups in total. The maximum Gasteiger partial charge on any atom is 0.253 e. The Balaban J connectivity index is 1.46. The average Bonchev–Trinajstić information content (AvgIpc) is 3.22. The second kappa shape index (κ2) is 6.49. The molecular formula is C20H28N2O2. The lowest BCUT2D eigenvalue weighted by Gasteiger charge is -2.30. The highest BCUT2D eigenvalue weighted by Gasteiger charge is 2.51. The minimum Gasteiger partial charge on any atom is -0.384 e. The van der Waals surface area contributed by atoms with Gasteiger partial charge >= 0.3 is 0 Å². The molecule has 2 aliphatic heterocycles. The summed E-state index contributed by atoms with van der Waals surface area (Å²) >= 11 is 0. The van der Waals surface area contributed by atoms with Gasteiger partial charge < -0.3 is 14.5 Å². The van der Waals surface area contributed by atoms with Gasteiger partial charge in [0.05, 0.1) is 6.61 Å². The van der Waals surface area contributed by atoms with E-state index in [1.807, 2.05) is 30.3 Å². The van der Waals surface area contributed by atoms with Gasteiger partial charge in [-0.1, -0.05) is 18.2 Å². The first-order valence-electron chi connectivity index (χ1n) is 9.26. The Kier molecular flexibility index (Phi) is 4.35. The van der Waals surface area contributed by atoms with Crippen molar-refractivity contribution in [3.8, 4) is 0 Å². The van der Waals surface area contributed by atoms with Crippen LogP contribution in [0.1, 0.15) is 29.6 Å². The number of hydrogen-bond acceptors (Lipinski definition) is 3. The van der Waals surface area contributed by atoms with Crippen LogP contribution in [0.15, 0.2) is 30.3 Å². The van der Waals surface area contributed by atoms with Gasteiger partial charge in [-0.25, -0.2) is 0 Å². The van der Waals surface area contributed by atoms with Crippen LogP contribution in [-0.4, -0.2) is 62.1 Å². The summed E-state index contributed by atoms with van der Waals surface area (Å²) in [6, 6.07) is 9.70. The lowest BCUT2D eigenvalue weighted by molar-refractivity contribution is 0.0716. The Labute approximate surface area is 144 Å². The van der Waals surface area contributed by atoms with Gasteiger partial charge in [0.25, 0.3) is 5.91 Å². The van der Waals surface area contributed by atoms with Crippen molar-refractivity contribution in [2.45, 2.75) is 19.3 Å². The summed E-state index contributed by atoms with van der Waals surface area (Å²) in [5, 5.41) is 0. The van der Waals surface area contributed by atoms with Crippen molar-refractivity contribution >= 4 is 5.91 Å². The zero-order valence-corrected chi connectivity index (χ0v) is 14.6. The van der Waals surface area contributed by atoms with Crippen LogP contribution in [-0.2, 0) is 4.74 Å². The zero-order chi connectivity index (χ0) is 16.6. The fourth-order valence-electron chi connectivity index (χ4n) is 4.67. The van der Waals surface area contributed by atoms with E-state index >= 15 is 0 Å². The van der Waals surface area contributed by atoms with E-state index < -0.39 is 0 Å². The number of hydrogen-bond donors (Lipinski definition) is 0. The summed E-state index contributed by atoms with van der Waals surface area (Å²) in [5.41, 5.74) is 1.04. The van der Waals surface area contributed by atoms with E-state index in [0.717, 1.165) is 50.7 Å². The monoisotopic (exact) mass is 328 g/mol. The topological polar surface area (TPSA) is 32.8 Å². The lowest BCUT2D eigenvalue weighted by atomic mass is 9.77. The van der Waals surface area contributed by atoms with E-state index in [9.17, 15) is 4.79 Å². The first-order valence-corrected chi connectivity index (χ1v) is 9.26. The first kappa shape index (κ1) is 16.1. The number of ether oxygens (including phenoxy) is 1. The highest BCUT2D eigenvalue weighted by atomic mass is 16.5. The van der Waals surface area contributed by atoms with Gasteiger partial charge in [0.2, 0.25) is 0 Å². The van der Waals surface area contributed by atoms with E-state index in [-0.39, 0.29) is 11.3 Å². The molecule has 2 saturated heterocycles. The Hall–Kier alpha value is -1.39. The predicted molar refractivity (Wildman–Crippen MR) is 93.9 cm³/mol. The highest BCUT2D eigenvalue weighted by molar-refractivity contribution is 5.94. The molecule has 3 aliphatic rings. The number of carbonyl (C=O) groups excluding carboxylic acids is 1. The van der Waals surface area contributed by atoms with Gasteiger partial charge in [-0.05, 0) is 37.3 Å². The summed E-state index contributed by atoms with van der Waals surface area (Å²) in [4.78, 5) is 17.5. The largest absolute Gasteiger partial charge is 0.384 e. The molecular weight excluding hydrogens is 300 g/mol. The third-order valence-electron chi connectivity index (χ3n) is 6.16. The van der Waals surface area contributed by atoms with E-state index in [1.165, 1.54) is 19.4 Å². The number of rotatable bonds is 5. The standard InChI is InChI=1S/C20H28N2O2/c1-24-13-18-12-21(11-16-7-8-16)14-20(18)9-10-22(15-20)19(23)17-5-3-2-4-6-17/h2-6,16,18H,7-15H2,1H3/t18-,20-/m0/s1. The lowest BCUT2D eigenvalue weighted by Crippen LogP contribution is -2.38. The van der Waals surface area contributed by atoms with Crippen LogP contribution in [0.3, 0.4) is 0 Å². The smallest absolute Gasteiger partial charge is 0.253 e. The highest BCUT2D eigenvalue weighted by Crippen LogP contribution is 2.45. The quantitative estimate of drug-likeness (QED) is 0.832. The van der Waals surface area contributed by atoms with E-state index in [4.69, 9.17) is 4.74 Å². The van der Waals surface area contributed by atoms with Crippen LogP contribution in [0, 0.1) is 17.3 Å². The molecule has 0 radical (unpaired) electrons. The normalized spacial score (nSPS) is 30.4. The fourth-order valence-corrected chi connectivity index (χ4v) is 4.67. The average molecular weight is 328 g/mol. The third kappa shape index (κ3) is 3.09. The van der Waals surface area contributed by atoms with E-state index in [2.05, 4.69) is 9.80 Å². The minimum absolute atomic E-state index is 0.185. The zero-order valence-electron chi connectivity index (χ0n) is 14.6. The Bertz CT molecular complexity index is 587. The number of likely N-dealkylation sites (tertiary alicyclic amines) is 2. The van der Waals surface area contributed by atoms with Gasteiger partial charge in [-0.15, -0.1) is 0 Å². The summed E-state index contributed by atoms with van der Waals surface area (Å²) in [7, 11) is 1.80. The number of methoxy groups -OCH3 is 1. The van der Waals surface area contributed by atoms with Gasteiger partial charge in [0.1, 0.15) is 0 Å². The van der Waals surface area contributed by atoms with Gasteiger partial charge in [0, 0.05) is 56.7 Å². The van der Waals surface area contributed by atoms with Gasteiger partial charge in [0.15, 0.2) is 0 Å². The van der Waals surface area contributed by atoms with Crippen molar-refractivity contribution in [3.05, 3.63) is 35.9 Å². The summed E-state index contributed by atoms with van der Waals surface area (Å²) in [6.45, 7) is 6.10. The molecule has 2 atom stereocenters. The molecule has 1 amide bonds. The van der Waals surface area contributed by atoms with Crippen molar-refractivity contribution in [2.24, 2.45) is 17.3 Å². The van der Waals surface area contributed by atoms with Crippen LogP contribution >= 0.6 is 0 Å². The Morgan fingerprint density at radius 3 is 2.75 bits per heavy atom. The van der Waals surface area contributed by atoms with Crippen molar-refractivity contribution in [2.75, 3.05) is 46.4 Å². The molecule has 1 saturated carbocycles. The first-order chi connectivity index (χ1) is 11.7. The predicted octanol–water partition coefficient (Wildman–Crippen LogP) is 2.51. The molecule has 1 spiro atoms. The molecule has 4 rings (SSSR count). The van der Waals surface area contributed by atoms with Crippen LogP contribution in [0.2, 0.25) is 0 Å². The van der Waals surface area contributed by atoms with Crippen LogP contribution in [0.5, 0.6) is 0 Å². The summed E-state index contributed by atoms with van der Waals surface area (Å²) in [5.74, 6) is 1.66. The number of amides is 1. The van der Waals surface area contributed by atoms with Crippen molar-refractivity contribution in [3.63, 3.8) is 0 Å². The molecule has 0 unspecified atom stereocenters. The maximum atomic E-state index is 12.8. The van der Waals surface area contributed by atoms with Gasteiger partial charge in [-0.2, -0.15) is 0 Å². The second-order valence-corrected chi connectivity index (χ2v) is 7.99. The molecule has 2 heterocycles. The molecule has 24 heavy (non-hydrogen) atoms. The van der Waals surface area contributed by atoms with E-state index in [1.54, 1.807) is 7.11 Å². The van der Waals surface area contributed by atoms with E-state index in [0.29, 0.717) is 5.92 Å². The number of carbonyl (C=O) groups is 1. The SMILES string of the molecule is COC[C@@H]1CN(CC2CC2)C[C@]12CCN(C(=O)c1ccccc1)C2. The maximum absolute atomic E-state index is 12.8. The molecule has 3 fully saturated rings. The van der Waals surface area contributed by atoms with Gasteiger partial charge in [-0.3, -0.25) is 4.79 Å². The van der Waals surface area contributed by atoms with Crippen LogP contribution in [0.25, 0.3) is 0 Å². The molecule has 1 aromatic carbocycles. The molecule has 0 aromatic heterocycles. The fraction of sp³-hybridized carbons (Fsp3) is 0.650. The number of nitrogens with zero attached hydrogens (tertiary/aromatic N) is 2.